The molecular weight excluding hydrogens is 139 g/mol. The summed E-state index contributed by atoms with van der Waals surface area (Å²) in [4.78, 5) is 0.664. The second kappa shape index (κ2) is 2.87. The maximum Gasteiger partial charge on any atom is 0.248 e. The van der Waals surface area contributed by atoms with Crippen molar-refractivity contribution in [3.63, 3.8) is 0 Å². The SMILES string of the molecule is CCCc1snnc1F. The Kier molecular flexibility index (Phi) is 2.10. The average molecular weight is 146 g/mol. The monoisotopic (exact) mass is 146 g/mol. The number of aryl methyl sites for hydroxylation is 1. The summed E-state index contributed by atoms with van der Waals surface area (Å²) in [7, 11) is 0. The van der Waals surface area contributed by atoms with E-state index in [1.165, 1.54) is 0 Å². The van der Waals surface area contributed by atoms with Crippen LogP contribution in [0.4, 0.5) is 4.39 Å². The molecule has 0 amide bonds. The molecule has 0 aliphatic carbocycles. The van der Waals surface area contributed by atoms with E-state index < -0.39 is 5.95 Å². The molecule has 1 rings (SSSR count). The lowest BCUT2D eigenvalue weighted by molar-refractivity contribution is 0.564. The van der Waals surface area contributed by atoms with Gasteiger partial charge in [-0.15, -0.1) is 5.10 Å². The highest BCUT2D eigenvalue weighted by Gasteiger charge is 2.03. The fraction of sp³-hybridized carbons (Fsp3) is 0.600. The molecule has 0 aliphatic heterocycles. The molecule has 0 saturated carbocycles. The van der Waals surface area contributed by atoms with Gasteiger partial charge in [0.05, 0.1) is 4.88 Å². The van der Waals surface area contributed by atoms with E-state index in [1.54, 1.807) is 0 Å². The minimum atomic E-state index is -0.401. The Morgan fingerprint density at radius 3 is 2.89 bits per heavy atom. The van der Waals surface area contributed by atoms with E-state index in [9.17, 15) is 4.39 Å². The van der Waals surface area contributed by atoms with Crippen LogP contribution in [0.5, 0.6) is 0 Å². The van der Waals surface area contributed by atoms with E-state index >= 15 is 0 Å². The molecule has 0 atom stereocenters. The highest BCUT2D eigenvalue weighted by molar-refractivity contribution is 7.05. The summed E-state index contributed by atoms with van der Waals surface area (Å²) in [5.41, 5.74) is 0. The van der Waals surface area contributed by atoms with Gasteiger partial charge in [0, 0.05) is 0 Å². The lowest BCUT2D eigenvalue weighted by Gasteiger charge is -1.85. The lowest BCUT2D eigenvalue weighted by Crippen LogP contribution is -1.82. The molecular formula is C5H7FN2S. The topological polar surface area (TPSA) is 25.8 Å². The molecule has 0 bridgehead atoms. The van der Waals surface area contributed by atoms with Crippen LogP contribution in [0, 0.1) is 5.95 Å². The van der Waals surface area contributed by atoms with Gasteiger partial charge in [-0.3, -0.25) is 0 Å². The van der Waals surface area contributed by atoms with Gasteiger partial charge in [-0.05, 0) is 18.0 Å². The molecule has 0 N–H and O–H groups in total. The van der Waals surface area contributed by atoms with Gasteiger partial charge in [-0.25, -0.2) is 0 Å². The number of aromatic nitrogens is 2. The number of rotatable bonds is 2. The van der Waals surface area contributed by atoms with Gasteiger partial charge < -0.3 is 0 Å². The Morgan fingerprint density at radius 2 is 2.44 bits per heavy atom. The molecule has 2 nitrogen and oxygen atoms in total. The van der Waals surface area contributed by atoms with Crippen LogP contribution in [0.3, 0.4) is 0 Å². The van der Waals surface area contributed by atoms with Crippen LogP contribution in [-0.4, -0.2) is 9.59 Å². The molecule has 50 valence electrons. The van der Waals surface area contributed by atoms with Gasteiger partial charge in [-0.2, -0.15) is 4.39 Å². The molecule has 0 aromatic carbocycles. The van der Waals surface area contributed by atoms with Crippen LogP contribution in [0.15, 0.2) is 0 Å². The van der Waals surface area contributed by atoms with Crippen molar-refractivity contribution >= 4 is 11.5 Å². The van der Waals surface area contributed by atoms with E-state index in [1.807, 2.05) is 6.92 Å². The third-order valence-corrected chi connectivity index (χ3v) is 1.74. The summed E-state index contributed by atoms with van der Waals surface area (Å²) in [6, 6.07) is 0. The van der Waals surface area contributed by atoms with E-state index in [2.05, 4.69) is 9.59 Å². The van der Waals surface area contributed by atoms with Crippen molar-refractivity contribution in [1.29, 1.82) is 0 Å². The van der Waals surface area contributed by atoms with Crippen molar-refractivity contribution in [2.45, 2.75) is 19.8 Å². The van der Waals surface area contributed by atoms with Crippen molar-refractivity contribution in [3.8, 4) is 0 Å². The van der Waals surface area contributed by atoms with Crippen LogP contribution >= 0.6 is 11.5 Å². The molecule has 9 heavy (non-hydrogen) atoms. The molecule has 1 aromatic heterocycles. The summed E-state index contributed by atoms with van der Waals surface area (Å²) in [5, 5.41) is 3.24. The van der Waals surface area contributed by atoms with Gasteiger partial charge in [-0.1, -0.05) is 17.8 Å². The molecule has 0 aliphatic rings. The third-order valence-electron chi connectivity index (χ3n) is 0.987. The van der Waals surface area contributed by atoms with Crippen LogP contribution < -0.4 is 0 Å². The van der Waals surface area contributed by atoms with Gasteiger partial charge in [0.25, 0.3) is 0 Å². The van der Waals surface area contributed by atoms with Crippen molar-refractivity contribution in [3.05, 3.63) is 10.8 Å². The second-order valence-corrected chi connectivity index (χ2v) is 2.58. The van der Waals surface area contributed by atoms with Crippen LogP contribution in [0.1, 0.15) is 18.2 Å². The first-order valence-corrected chi connectivity index (χ1v) is 3.58. The minimum absolute atomic E-state index is 0.401. The normalized spacial score (nSPS) is 10.0. The minimum Gasteiger partial charge on any atom is -0.182 e. The first-order chi connectivity index (χ1) is 4.34. The zero-order valence-electron chi connectivity index (χ0n) is 5.09. The molecule has 0 saturated heterocycles. The average Bonchev–Trinajstić information content (AvgIpc) is 2.18. The number of hydrogen-bond acceptors (Lipinski definition) is 3. The Bertz CT molecular complexity index is 187. The molecule has 0 fully saturated rings. The van der Waals surface area contributed by atoms with Gasteiger partial charge >= 0.3 is 0 Å². The summed E-state index contributed by atoms with van der Waals surface area (Å²) in [5.74, 6) is -0.401. The summed E-state index contributed by atoms with van der Waals surface area (Å²) < 4.78 is 15.8. The van der Waals surface area contributed by atoms with Crippen molar-refractivity contribution in [2.24, 2.45) is 0 Å². The fourth-order valence-corrected chi connectivity index (χ4v) is 1.20. The molecule has 1 aromatic rings. The highest BCUT2D eigenvalue weighted by atomic mass is 32.1. The number of hydrogen-bond donors (Lipinski definition) is 0. The van der Waals surface area contributed by atoms with E-state index in [0.29, 0.717) is 4.88 Å². The Labute approximate surface area is 56.9 Å². The summed E-state index contributed by atoms with van der Waals surface area (Å²) in [6.45, 7) is 2.00. The summed E-state index contributed by atoms with van der Waals surface area (Å²) >= 11 is 1.14. The molecule has 4 heteroatoms. The van der Waals surface area contributed by atoms with Crippen molar-refractivity contribution in [2.75, 3.05) is 0 Å². The summed E-state index contributed by atoms with van der Waals surface area (Å²) in [6.07, 6.45) is 1.70. The Balaban J connectivity index is 2.69. The lowest BCUT2D eigenvalue weighted by atomic mass is 10.3. The number of halogens is 1. The van der Waals surface area contributed by atoms with E-state index in [0.717, 1.165) is 24.4 Å². The van der Waals surface area contributed by atoms with Gasteiger partial charge in [0.2, 0.25) is 5.95 Å². The maximum absolute atomic E-state index is 12.4. The van der Waals surface area contributed by atoms with E-state index in [4.69, 9.17) is 0 Å². The predicted molar refractivity (Wildman–Crippen MR) is 33.9 cm³/mol. The highest BCUT2D eigenvalue weighted by Crippen LogP contribution is 2.09. The molecule has 0 radical (unpaired) electrons. The largest absolute Gasteiger partial charge is 0.248 e. The Hall–Kier alpha value is -0.510. The maximum atomic E-state index is 12.4. The quantitative estimate of drug-likeness (QED) is 0.633. The van der Waals surface area contributed by atoms with Crippen molar-refractivity contribution in [1.82, 2.24) is 9.59 Å². The van der Waals surface area contributed by atoms with Crippen LogP contribution in [-0.2, 0) is 6.42 Å². The molecule has 0 spiro atoms. The second-order valence-electron chi connectivity index (χ2n) is 1.74. The molecule has 1 heterocycles. The standard InChI is InChI=1S/C5H7FN2S/c1-2-3-4-5(6)7-8-9-4/h2-3H2,1H3. The van der Waals surface area contributed by atoms with E-state index in [-0.39, 0.29) is 0 Å². The third kappa shape index (κ3) is 1.45. The smallest absolute Gasteiger partial charge is 0.182 e. The van der Waals surface area contributed by atoms with Gasteiger partial charge in [0.15, 0.2) is 0 Å². The zero-order valence-corrected chi connectivity index (χ0v) is 5.91. The molecule has 0 unspecified atom stereocenters. The van der Waals surface area contributed by atoms with Crippen LogP contribution in [0.2, 0.25) is 0 Å². The first kappa shape index (κ1) is 6.61. The van der Waals surface area contributed by atoms with Crippen molar-refractivity contribution < 1.29 is 4.39 Å². The zero-order chi connectivity index (χ0) is 6.69. The first-order valence-electron chi connectivity index (χ1n) is 2.81. The van der Waals surface area contributed by atoms with Gasteiger partial charge in [0.1, 0.15) is 0 Å². The number of nitrogens with zero attached hydrogens (tertiary/aromatic N) is 2. The predicted octanol–water partition coefficient (Wildman–Crippen LogP) is 1.63. The van der Waals surface area contributed by atoms with Crippen LogP contribution in [0.25, 0.3) is 0 Å². The fourth-order valence-electron chi connectivity index (χ4n) is 0.575. The Morgan fingerprint density at radius 1 is 1.67 bits per heavy atom.